The first-order valence-corrected chi connectivity index (χ1v) is 6.86. The van der Waals surface area contributed by atoms with Gasteiger partial charge in [0.15, 0.2) is 0 Å². The monoisotopic (exact) mass is 284 g/mol. The molecule has 0 unspecified atom stereocenters. The van der Waals surface area contributed by atoms with Crippen molar-refractivity contribution in [1.82, 2.24) is 10.2 Å². The molecule has 0 saturated carbocycles. The Kier molecular flexibility index (Phi) is 5.49. The molecule has 4 nitrogen and oxygen atoms in total. The maximum atomic E-state index is 12.1. The molecular weight excluding hydrogens is 264 g/mol. The highest BCUT2D eigenvalue weighted by Gasteiger charge is 2.26. The van der Waals surface area contributed by atoms with E-state index in [4.69, 9.17) is 4.74 Å². The molecular formula is C17H20N2O2. The number of amides is 1. The minimum atomic E-state index is -0.0181. The van der Waals surface area contributed by atoms with Crippen LogP contribution in [0.25, 0.3) is 0 Å². The molecule has 0 spiro atoms. The number of ether oxygens (including phenoxy) is 1. The lowest BCUT2D eigenvalue weighted by molar-refractivity contribution is -0.125. The van der Waals surface area contributed by atoms with Gasteiger partial charge in [-0.25, -0.2) is 0 Å². The van der Waals surface area contributed by atoms with Crippen molar-refractivity contribution < 1.29 is 9.53 Å². The first-order chi connectivity index (χ1) is 10.3. The lowest BCUT2D eigenvalue weighted by atomic mass is 10.1. The van der Waals surface area contributed by atoms with Crippen molar-refractivity contribution in [1.29, 1.82) is 0 Å². The van der Waals surface area contributed by atoms with Crippen LogP contribution in [0.15, 0.2) is 66.8 Å². The Morgan fingerprint density at radius 2 is 2.00 bits per heavy atom. The van der Waals surface area contributed by atoms with Crippen molar-refractivity contribution in [3.8, 4) is 0 Å². The second-order valence-corrected chi connectivity index (χ2v) is 4.74. The smallest absolute Gasteiger partial charge is 0.255 e. The van der Waals surface area contributed by atoms with Gasteiger partial charge in [0.1, 0.15) is 0 Å². The summed E-state index contributed by atoms with van der Waals surface area (Å²) in [6, 6.07) is 9.96. The summed E-state index contributed by atoms with van der Waals surface area (Å²) < 4.78 is 5.52. The molecule has 0 atom stereocenters. The van der Waals surface area contributed by atoms with Gasteiger partial charge in [-0.1, -0.05) is 55.6 Å². The predicted molar refractivity (Wildman–Crippen MR) is 83.2 cm³/mol. The van der Waals surface area contributed by atoms with E-state index in [9.17, 15) is 4.79 Å². The highest BCUT2D eigenvalue weighted by molar-refractivity contribution is 6.00. The van der Waals surface area contributed by atoms with Crippen LogP contribution >= 0.6 is 0 Å². The van der Waals surface area contributed by atoms with E-state index >= 15 is 0 Å². The molecule has 110 valence electrons. The summed E-state index contributed by atoms with van der Waals surface area (Å²) in [7, 11) is 0. The zero-order valence-electron chi connectivity index (χ0n) is 12.0. The molecule has 1 aromatic carbocycles. The van der Waals surface area contributed by atoms with E-state index in [0.29, 0.717) is 32.1 Å². The van der Waals surface area contributed by atoms with Crippen molar-refractivity contribution in [3.05, 3.63) is 72.4 Å². The molecule has 0 radical (unpaired) electrons. The van der Waals surface area contributed by atoms with Crippen LogP contribution in [0, 0.1) is 0 Å². The molecule has 1 heterocycles. The number of rotatable bonds is 8. The minimum absolute atomic E-state index is 0.0181. The third-order valence-corrected chi connectivity index (χ3v) is 3.29. The average molecular weight is 284 g/mol. The van der Waals surface area contributed by atoms with Gasteiger partial charge in [-0.15, -0.1) is 0 Å². The van der Waals surface area contributed by atoms with Crippen molar-refractivity contribution in [3.63, 3.8) is 0 Å². The predicted octanol–water partition coefficient (Wildman–Crippen LogP) is 2.22. The first kappa shape index (κ1) is 15.2. The van der Waals surface area contributed by atoms with Gasteiger partial charge in [0.05, 0.1) is 20.0 Å². The van der Waals surface area contributed by atoms with Gasteiger partial charge in [0.2, 0.25) is 0 Å². The summed E-state index contributed by atoms with van der Waals surface area (Å²) in [5, 5.41) is 3.10. The minimum Gasteiger partial charge on any atom is -0.362 e. The molecule has 0 aromatic heterocycles. The number of hydrogen-bond donors (Lipinski definition) is 1. The van der Waals surface area contributed by atoms with Gasteiger partial charge >= 0.3 is 0 Å². The Morgan fingerprint density at radius 1 is 1.24 bits per heavy atom. The molecule has 0 aliphatic carbocycles. The number of carbonyl (C=O) groups excluding carboxylic acids is 1. The second-order valence-electron chi connectivity index (χ2n) is 4.74. The molecule has 1 amide bonds. The molecule has 0 fully saturated rings. The standard InChI is InChI=1S/C17H20N2O2/c1-3-15-10-19(17(20)16(15)4-2)12-18-13-21-11-14-8-6-5-7-9-14/h3-9,18H,1-2,10-13H2. The highest BCUT2D eigenvalue weighted by Crippen LogP contribution is 2.19. The number of nitrogens with one attached hydrogen (secondary N) is 1. The first-order valence-electron chi connectivity index (χ1n) is 6.86. The Hall–Kier alpha value is -2.17. The van der Waals surface area contributed by atoms with Gasteiger partial charge in [-0.2, -0.15) is 0 Å². The third-order valence-electron chi connectivity index (χ3n) is 3.29. The normalized spacial score (nSPS) is 14.7. The summed E-state index contributed by atoms with van der Waals surface area (Å²) in [6.45, 7) is 9.35. The Bertz CT molecular complexity index is 549. The van der Waals surface area contributed by atoms with Gasteiger partial charge in [0.25, 0.3) is 5.91 Å². The van der Waals surface area contributed by atoms with Crippen LogP contribution < -0.4 is 5.32 Å². The van der Waals surface area contributed by atoms with Crippen LogP contribution in [-0.2, 0) is 16.1 Å². The average Bonchev–Trinajstić information content (AvgIpc) is 2.83. The fraction of sp³-hybridized carbons (Fsp3) is 0.235. The molecule has 1 aromatic rings. The van der Waals surface area contributed by atoms with E-state index in [1.54, 1.807) is 17.1 Å². The van der Waals surface area contributed by atoms with E-state index in [0.717, 1.165) is 11.1 Å². The Balaban J connectivity index is 1.70. The fourth-order valence-corrected chi connectivity index (χ4v) is 2.19. The van der Waals surface area contributed by atoms with Crippen molar-refractivity contribution >= 4 is 5.91 Å². The lowest BCUT2D eigenvalue weighted by Crippen LogP contribution is -2.37. The third kappa shape index (κ3) is 3.90. The largest absolute Gasteiger partial charge is 0.362 e. The van der Waals surface area contributed by atoms with Gasteiger partial charge in [0, 0.05) is 12.1 Å². The van der Waals surface area contributed by atoms with Gasteiger partial charge < -0.3 is 9.64 Å². The van der Waals surface area contributed by atoms with Crippen LogP contribution in [-0.4, -0.2) is 30.8 Å². The summed E-state index contributed by atoms with van der Waals surface area (Å²) in [4.78, 5) is 13.8. The van der Waals surface area contributed by atoms with E-state index in [1.807, 2.05) is 30.3 Å². The highest BCUT2D eigenvalue weighted by atomic mass is 16.5. The molecule has 0 saturated heterocycles. The quantitative estimate of drug-likeness (QED) is 0.588. The van der Waals surface area contributed by atoms with Crippen LogP contribution in [0.2, 0.25) is 0 Å². The zero-order valence-corrected chi connectivity index (χ0v) is 12.0. The Morgan fingerprint density at radius 3 is 2.62 bits per heavy atom. The molecule has 4 heteroatoms. The van der Waals surface area contributed by atoms with Crippen molar-refractivity contribution in [2.75, 3.05) is 19.9 Å². The van der Waals surface area contributed by atoms with Crippen LogP contribution in [0.3, 0.4) is 0 Å². The topological polar surface area (TPSA) is 41.6 Å². The van der Waals surface area contributed by atoms with Crippen LogP contribution in [0.5, 0.6) is 0 Å². The van der Waals surface area contributed by atoms with Crippen LogP contribution in [0.4, 0.5) is 0 Å². The van der Waals surface area contributed by atoms with E-state index in [1.165, 1.54) is 0 Å². The fourth-order valence-electron chi connectivity index (χ4n) is 2.19. The number of hydrogen-bond acceptors (Lipinski definition) is 3. The second kappa shape index (κ2) is 7.57. The molecule has 1 aliphatic rings. The zero-order chi connectivity index (χ0) is 15.1. The summed E-state index contributed by atoms with van der Waals surface area (Å²) in [6.07, 6.45) is 3.30. The summed E-state index contributed by atoms with van der Waals surface area (Å²) in [5.41, 5.74) is 2.68. The molecule has 1 N–H and O–H groups in total. The Labute approximate surface area is 125 Å². The maximum Gasteiger partial charge on any atom is 0.255 e. The maximum absolute atomic E-state index is 12.1. The number of carbonyl (C=O) groups is 1. The summed E-state index contributed by atoms with van der Waals surface area (Å²) in [5.74, 6) is -0.0181. The molecule has 1 aliphatic heterocycles. The SMILES string of the molecule is C=CC1=C(C=C)C(=O)N(CNCOCc2ccccc2)C1. The molecule has 2 rings (SSSR count). The lowest BCUT2D eigenvalue weighted by Gasteiger charge is -2.17. The van der Waals surface area contributed by atoms with Gasteiger partial charge in [-0.3, -0.25) is 10.1 Å². The van der Waals surface area contributed by atoms with Crippen LogP contribution in [0.1, 0.15) is 5.56 Å². The van der Waals surface area contributed by atoms with Gasteiger partial charge in [-0.05, 0) is 11.1 Å². The number of nitrogens with zero attached hydrogens (tertiary/aromatic N) is 1. The van der Waals surface area contributed by atoms with Crippen molar-refractivity contribution in [2.45, 2.75) is 6.61 Å². The molecule has 0 bridgehead atoms. The van der Waals surface area contributed by atoms with E-state index < -0.39 is 0 Å². The van der Waals surface area contributed by atoms with E-state index in [2.05, 4.69) is 18.5 Å². The van der Waals surface area contributed by atoms with E-state index in [-0.39, 0.29) is 5.91 Å². The van der Waals surface area contributed by atoms with Crippen molar-refractivity contribution in [2.24, 2.45) is 0 Å². The number of benzene rings is 1. The molecule has 21 heavy (non-hydrogen) atoms. The summed E-state index contributed by atoms with van der Waals surface area (Å²) >= 11 is 0.